The van der Waals surface area contributed by atoms with Crippen LogP contribution in [0.2, 0.25) is 0 Å². The summed E-state index contributed by atoms with van der Waals surface area (Å²) in [7, 11) is 1.73. The number of likely N-dealkylation sites (tertiary alicyclic amines) is 1. The molecule has 5 rings (SSSR count). The van der Waals surface area contributed by atoms with Crippen molar-refractivity contribution in [1.29, 1.82) is 0 Å². The Hall–Kier alpha value is -3.67. The number of carboxylic acids is 2. The predicted molar refractivity (Wildman–Crippen MR) is 151 cm³/mol. The number of carboxylic acid groups (broad SMARTS) is 2. The molecule has 2 aromatic rings. The van der Waals surface area contributed by atoms with Crippen molar-refractivity contribution >= 4 is 23.5 Å². The Bertz CT molecular complexity index is 1160. The van der Waals surface area contributed by atoms with Gasteiger partial charge in [0.2, 0.25) is 11.7 Å². The zero-order valence-corrected chi connectivity index (χ0v) is 23.4. The van der Waals surface area contributed by atoms with Crippen LogP contribution in [0.4, 0.5) is 5.69 Å². The van der Waals surface area contributed by atoms with Crippen molar-refractivity contribution in [2.24, 2.45) is 0 Å². The summed E-state index contributed by atoms with van der Waals surface area (Å²) in [5, 5.41) is 14.8. The minimum atomic E-state index is -1.82. The van der Waals surface area contributed by atoms with E-state index in [1.165, 1.54) is 0 Å². The van der Waals surface area contributed by atoms with Gasteiger partial charge in [-0.2, -0.15) is 0 Å². The maximum Gasteiger partial charge on any atom is 0.414 e. The Kier molecular flexibility index (Phi) is 10.6. The van der Waals surface area contributed by atoms with Crippen LogP contribution >= 0.6 is 0 Å². The first-order valence-electron chi connectivity index (χ1n) is 14.0. The maximum atomic E-state index is 12.8. The predicted octanol–water partition coefficient (Wildman–Crippen LogP) is 2.64. The molecule has 0 aliphatic carbocycles. The maximum absolute atomic E-state index is 12.8. The van der Waals surface area contributed by atoms with Crippen LogP contribution in [-0.2, 0) is 29.6 Å². The SMILES string of the molecule is COc1ccccc1N1CCN(C[C@@H]2CO[C@@](CN3CCCCCC3=O)(c3ccccc3)O2)CC1.O=C(O)C(=O)O. The van der Waals surface area contributed by atoms with Gasteiger partial charge >= 0.3 is 11.9 Å². The van der Waals surface area contributed by atoms with Gasteiger partial charge in [0.15, 0.2) is 0 Å². The van der Waals surface area contributed by atoms with Gasteiger partial charge in [-0.1, -0.05) is 48.9 Å². The number of nitrogens with zero attached hydrogens (tertiary/aromatic N) is 3. The van der Waals surface area contributed by atoms with E-state index in [1.807, 2.05) is 35.2 Å². The number of para-hydroxylation sites is 2. The van der Waals surface area contributed by atoms with Crippen LogP contribution < -0.4 is 9.64 Å². The van der Waals surface area contributed by atoms with Crippen LogP contribution in [0.15, 0.2) is 54.6 Å². The zero-order chi connectivity index (χ0) is 29.2. The van der Waals surface area contributed by atoms with E-state index in [9.17, 15) is 4.79 Å². The molecule has 2 N–H and O–H groups in total. The number of benzene rings is 2. The summed E-state index contributed by atoms with van der Waals surface area (Å²) in [5.74, 6) is -3.42. The third-order valence-corrected chi connectivity index (χ3v) is 7.59. The number of anilines is 1. The molecule has 3 saturated heterocycles. The van der Waals surface area contributed by atoms with Crippen molar-refractivity contribution in [3.05, 3.63) is 60.2 Å². The van der Waals surface area contributed by atoms with E-state index in [0.29, 0.717) is 19.6 Å². The molecule has 41 heavy (non-hydrogen) atoms. The highest BCUT2D eigenvalue weighted by Gasteiger charge is 2.46. The monoisotopic (exact) mass is 569 g/mol. The van der Waals surface area contributed by atoms with Gasteiger partial charge in [-0.3, -0.25) is 9.69 Å². The van der Waals surface area contributed by atoms with Gasteiger partial charge in [0.1, 0.15) is 5.75 Å². The summed E-state index contributed by atoms with van der Waals surface area (Å²) in [4.78, 5) is 37.8. The Morgan fingerprint density at radius 1 is 0.927 bits per heavy atom. The Morgan fingerprint density at radius 2 is 1.61 bits per heavy atom. The van der Waals surface area contributed by atoms with E-state index >= 15 is 0 Å². The van der Waals surface area contributed by atoms with Gasteiger partial charge in [-0.15, -0.1) is 0 Å². The van der Waals surface area contributed by atoms with E-state index in [1.54, 1.807) is 7.11 Å². The van der Waals surface area contributed by atoms with Gasteiger partial charge < -0.3 is 34.2 Å². The normalized spacial score (nSPS) is 23.3. The third kappa shape index (κ3) is 7.96. The average Bonchev–Trinajstić information content (AvgIpc) is 3.29. The molecule has 1 amide bonds. The summed E-state index contributed by atoms with van der Waals surface area (Å²) in [6, 6.07) is 18.3. The average molecular weight is 570 g/mol. The van der Waals surface area contributed by atoms with Crippen molar-refractivity contribution in [2.45, 2.75) is 37.6 Å². The molecule has 3 fully saturated rings. The van der Waals surface area contributed by atoms with Gasteiger partial charge in [-0.25, -0.2) is 9.59 Å². The summed E-state index contributed by atoms with van der Waals surface area (Å²) in [5.41, 5.74) is 2.14. The number of methoxy groups -OCH3 is 1. The summed E-state index contributed by atoms with van der Waals surface area (Å²) in [6.45, 7) is 6.39. The lowest BCUT2D eigenvalue weighted by Crippen LogP contribution is -2.49. The molecule has 222 valence electrons. The largest absolute Gasteiger partial charge is 0.495 e. The Labute approximate surface area is 240 Å². The molecule has 3 aliphatic heterocycles. The lowest BCUT2D eigenvalue weighted by atomic mass is 10.0. The number of carbonyl (C=O) groups is 3. The van der Waals surface area contributed by atoms with Crippen molar-refractivity contribution in [3.63, 3.8) is 0 Å². The third-order valence-electron chi connectivity index (χ3n) is 7.59. The van der Waals surface area contributed by atoms with E-state index in [2.05, 4.69) is 34.1 Å². The van der Waals surface area contributed by atoms with Crippen molar-refractivity contribution < 1.29 is 38.8 Å². The highest BCUT2D eigenvalue weighted by atomic mass is 16.7. The van der Waals surface area contributed by atoms with E-state index in [4.69, 9.17) is 34.0 Å². The van der Waals surface area contributed by atoms with Crippen LogP contribution in [0.1, 0.15) is 31.2 Å². The fourth-order valence-corrected chi connectivity index (χ4v) is 5.48. The smallest absolute Gasteiger partial charge is 0.414 e. The molecule has 0 unspecified atom stereocenters. The number of aliphatic carboxylic acids is 2. The van der Waals surface area contributed by atoms with Crippen LogP contribution in [0.25, 0.3) is 0 Å². The molecule has 2 atom stereocenters. The first kappa shape index (κ1) is 30.3. The second kappa shape index (κ2) is 14.3. The van der Waals surface area contributed by atoms with Crippen LogP contribution in [0.5, 0.6) is 5.75 Å². The fourth-order valence-electron chi connectivity index (χ4n) is 5.48. The van der Waals surface area contributed by atoms with Crippen LogP contribution in [0, 0.1) is 0 Å². The molecule has 11 nitrogen and oxygen atoms in total. The molecule has 3 aliphatic rings. The van der Waals surface area contributed by atoms with Gasteiger partial charge in [0.05, 0.1) is 32.1 Å². The second-order valence-corrected chi connectivity index (χ2v) is 10.4. The summed E-state index contributed by atoms with van der Waals surface area (Å²) < 4.78 is 18.7. The Balaban J connectivity index is 0.000000585. The van der Waals surface area contributed by atoms with E-state index in [-0.39, 0.29) is 12.0 Å². The minimum Gasteiger partial charge on any atom is -0.495 e. The quantitative estimate of drug-likeness (QED) is 0.480. The molecule has 0 bridgehead atoms. The van der Waals surface area contributed by atoms with Gasteiger partial charge in [0.25, 0.3) is 0 Å². The van der Waals surface area contributed by atoms with E-state index < -0.39 is 17.7 Å². The lowest BCUT2D eigenvalue weighted by molar-refractivity contribution is -0.193. The second-order valence-electron chi connectivity index (χ2n) is 10.4. The number of amides is 1. The number of carbonyl (C=O) groups excluding carboxylic acids is 1. The summed E-state index contributed by atoms with van der Waals surface area (Å²) >= 11 is 0. The zero-order valence-electron chi connectivity index (χ0n) is 23.4. The number of piperazine rings is 1. The molecule has 0 radical (unpaired) electrons. The van der Waals surface area contributed by atoms with E-state index in [0.717, 1.165) is 75.5 Å². The molecule has 11 heteroatoms. The molecular weight excluding hydrogens is 530 g/mol. The van der Waals surface area contributed by atoms with Crippen LogP contribution in [0.3, 0.4) is 0 Å². The number of hydrogen-bond acceptors (Lipinski definition) is 8. The fraction of sp³-hybridized carbons (Fsp3) is 0.500. The van der Waals surface area contributed by atoms with Gasteiger partial charge in [-0.05, 0) is 25.0 Å². The van der Waals surface area contributed by atoms with Crippen molar-refractivity contribution in [1.82, 2.24) is 9.80 Å². The summed E-state index contributed by atoms with van der Waals surface area (Å²) in [6.07, 6.45) is 3.70. The van der Waals surface area contributed by atoms with Crippen molar-refractivity contribution in [3.8, 4) is 5.75 Å². The minimum absolute atomic E-state index is 0.0323. The molecular formula is C30H39N3O8. The van der Waals surface area contributed by atoms with Crippen LogP contribution in [-0.4, -0.2) is 103 Å². The molecule has 0 saturated carbocycles. The van der Waals surface area contributed by atoms with Crippen molar-refractivity contribution in [2.75, 3.05) is 64.4 Å². The number of rotatable bonds is 7. The molecule has 2 aromatic carbocycles. The first-order chi connectivity index (χ1) is 19.8. The Morgan fingerprint density at radius 3 is 2.29 bits per heavy atom. The number of hydrogen-bond donors (Lipinski definition) is 2. The standard InChI is InChI=1S/C28H37N3O4.C2H2O4/c1-33-26-13-8-7-12-25(26)30-18-16-29(17-19-30)20-24-21-34-28(35-24,23-10-4-2-5-11-23)22-31-15-9-3-6-14-27(31)32;3-1(4)2(5)6/h2,4-5,7-8,10-13,24H,3,6,9,14-22H2,1H3;(H,3,4)(H,5,6)/t24-,28-;/m1./s1. The number of ether oxygens (including phenoxy) is 3. The molecule has 0 aromatic heterocycles. The lowest BCUT2D eigenvalue weighted by Gasteiger charge is -2.38. The molecule has 0 spiro atoms. The molecule has 3 heterocycles. The first-order valence-corrected chi connectivity index (χ1v) is 14.0. The topological polar surface area (TPSA) is 129 Å². The highest BCUT2D eigenvalue weighted by molar-refractivity contribution is 6.27. The highest BCUT2D eigenvalue weighted by Crippen LogP contribution is 2.36. The van der Waals surface area contributed by atoms with Gasteiger partial charge in [0, 0.05) is 51.3 Å².